The molecule has 1 saturated heterocycles. The first-order valence-electron chi connectivity index (χ1n) is 5.16. The second-order valence-electron chi connectivity index (χ2n) is 5.16. The largest absolute Gasteiger partial charge is 0.299 e. The Morgan fingerprint density at radius 2 is 1.57 bits per heavy atom. The lowest BCUT2D eigenvalue weighted by atomic mass is 10.0. The average molecular weight is 219 g/mol. The zero-order valence-corrected chi connectivity index (χ0v) is 10.4. The first-order chi connectivity index (χ1) is 6.22. The number of hydrogen-bond acceptors (Lipinski definition) is 3. The molecular formula is C10H21NO2S. The van der Waals surface area contributed by atoms with E-state index in [-0.39, 0.29) is 5.54 Å². The summed E-state index contributed by atoms with van der Waals surface area (Å²) < 4.78 is 22.5. The van der Waals surface area contributed by atoms with Gasteiger partial charge in [0.2, 0.25) is 0 Å². The number of rotatable bonds is 1. The molecule has 4 heteroatoms. The van der Waals surface area contributed by atoms with Crippen molar-refractivity contribution in [3.05, 3.63) is 0 Å². The lowest BCUT2D eigenvalue weighted by Gasteiger charge is -2.40. The van der Waals surface area contributed by atoms with Crippen molar-refractivity contribution in [2.24, 2.45) is 0 Å². The summed E-state index contributed by atoms with van der Waals surface area (Å²) in [7, 11) is -0.635. The van der Waals surface area contributed by atoms with Gasteiger partial charge in [-0.3, -0.25) is 4.90 Å². The highest BCUT2D eigenvalue weighted by Crippen LogP contribution is 2.23. The van der Waals surface area contributed by atoms with E-state index < -0.39 is 9.84 Å². The second kappa shape index (κ2) is 3.81. The van der Waals surface area contributed by atoms with E-state index in [0.717, 1.165) is 12.8 Å². The third-order valence-corrected chi connectivity index (χ3v) is 4.85. The lowest BCUT2D eigenvalue weighted by molar-refractivity contribution is 0.109. The fourth-order valence-corrected chi connectivity index (χ4v) is 3.28. The van der Waals surface area contributed by atoms with Crippen LogP contribution in [-0.4, -0.2) is 43.5 Å². The van der Waals surface area contributed by atoms with E-state index in [4.69, 9.17) is 0 Å². The molecule has 0 atom stereocenters. The monoisotopic (exact) mass is 219 g/mol. The number of sulfone groups is 1. The maximum atomic E-state index is 11.2. The van der Waals surface area contributed by atoms with Crippen LogP contribution in [0.1, 0.15) is 33.6 Å². The second-order valence-corrected chi connectivity index (χ2v) is 7.47. The van der Waals surface area contributed by atoms with Crippen molar-refractivity contribution in [3.63, 3.8) is 0 Å². The van der Waals surface area contributed by atoms with Crippen LogP contribution in [-0.2, 0) is 9.84 Å². The molecule has 84 valence electrons. The Morgan fingerprint density at radius 3 is 1.93 bits per heavy atom. The Morgan fingerprint density at radius 1 is 1.14 bits per heavy atom. The molecule has 0 N–H and O–H groups in total. The average Bonchev–Trinajstić information content (AvgIpc) is 2.01. The smallest absolute Gasteiger partial charge is 0.150 e. The minimum Gasteiger partial charge on any atom is -0.299 e. The molecular weight excluding hydrogens is 198 g/mol. The van der Waals surface area contributed by atoms with Crippen molar-refractivity contribution in [2.45, 2.75) is 45.2 Å². The molecule has 3 nitrogen and oxygen atoms in total. The van der Waals surface area contributed by atoms with Gasteiger partial charge in [0.1, 0.15) is 9.84 Å². The summed E-state index contributed by atoms with van der Waals surface area (Å²) in [6.07, 6.45) is 1.58. The van der Waals surface area contributed by atoms with Gasteiger partial charge in [0, 0.05) is 11.6 Å². The predicted molar refractivity (Wildman–Crippen MR) is 59.2 cm³/mol. The minimum atomic E-state index is -2.72. The van der Waals surface area contributed by atoms with Gasteiger partial charge in [-0.1, -0.05) is 0 Å². The van der Waals surface area contributed by atoms with Crippen LogP contribution in [0.15, 0.2) is 0 Å². The van der Waals surface area contributed by atoms with Gasteiger partial charge in [-0.25, -0.2) is 8.42 Å². The molecule has 0 amide bonds. The Kier molecular flexibility index (Phi) is 3.26. The molecule has 0 aromatic carbocycles. The molecule has 0 aromatic rings. The molecule has 0 unspecified atom stereocenters. The van der Waals surface area contributed by atoms with Gasteiger partial charge in [0.05, 0.1) is 11.5 Å². The lowest BCUT2D eigenvalue weighted by Crippen LogP contribution is -2.48. The van der Waals surface area contributed by atoms with Gasteiger partial charge in [-0.15, -0.1) is 0 Å². The van der Waals surface area contributed by atoms with Gasteiger partial charge in [-0.2, -0.15) is 0 Å². The van der Waals surface area contributed by atoms with E-state index in [1.54, 1.807) is 0 Å². The Balaban J connectivity index is 2.59. The van der Waals surface area contributed by atoms with Crippen LogP contribution in [0.2, 0.25) is 0 Å². The normalized spacial score (nSPS) is 24.1. The molecule has 1 fully saturated rings. The number of hydrogen-bond donors (Lipinski definition) is 0. The van der Waals surface area contributed by atoms with E-state index in [0.29, 0.717) is 17.5 Å². The topological polar surface area (TPSA) is 37.4 Å². The Bertz CT molecular complexity index is 276. The molecule has 0 saturated carbocycles. The van der Waals surface area contributed by atoms with Gasteiger partial charge in [0.15, 0.2) is 0 Å². The summed E-state index contributed by atoms with van der Waals surface area (Å²) in [5, 5.41) is 0. The van der Waals surface area contributed by atoms with Crippen LogP contribution in [0, 0.1) is 0 Å². The molecule has 14 heavy (non-hydrogen) atoms. The fraction of sp³-hybridized carbons (Fsp3) is 1.00. The zero-order valence-electron chi connectivity index (χ0n) is 9.58. The standard InChI is InChI=1S/C10H21NO2S/c1-10(2,3)11(4)9-5-7-14(12,13)8-6-9/h9H,5-8H2,1-4H3. The summed E-state index contributed by atoms with van der Waals surface area (Å²) in [6.45, 7) is 6.49. The van der Waals surface area contributed by atoms with E-state index in [9.17, 15) is 8.42 Å². The maximum absolute atomic E-state index is 11.2. The van der Waals surface area contributed by atoms with Crippen molar-refractivity contribution in [1.29, 1.82) is 0 Å². The minimum absolute atomic E-state index is 0.131. The predicted octanol–water partition coefficient (Wildman–Crippen LogP) is 1.29. The first kappa shape index (κ1) is 12.0. The van der Waals surface area contributed by atoms with Gasteiger partial charge >= 0.3 is 0 Å². The van der Waals surface area contributed by atoms with Crippen LogP contribution in [0.3, 0.4) is 0 Å². The third kappa shape index (κ3) is 2.95. The molecule has 0 spiro atoms. The summed E-state index contributed by atoms with van der Waals surface area (Å²) in [6, 6.07) is 0.429. The highest BCUT2D eigenvalue weighted by Gasteiger charge is 2.30. The third-order valence-electron chi connectivity index (χ3n) is 3.13. The molecule has 1 aliphatic heterocycles. The summed E-state index contributed by atoms with van der Waals surface area (Å²) in [4.78, 5) is 2.29. The maximum Gasteiger partial charge on any atom is 0.150 e. The van der Waals surface area contributed by atoms with Crippen LogP contribution in [0.25, 0.3) is 0 Å². The quantitative estimate of drug-likeness (QED) is 0.667. The van der Waals surface area contributed by atoms with E-state index in [2.05, 4.69) is 32.7 Å². The molecule has 0 aromatic heterocycles. The van der Waals surface area contributed by atoms with E-state index >= 15 is 0 Å². The van der Waals surface area contributed by atoms with Crippen molar-refractivity contribution < 1.29 is 8.42 Å². The van der Waals surface area contributed by atoms with Crippen molar-refractivity contribution in [1.82, 2.24) is 4.90 Å². The Hall–Kier alpha value is -0.0900. The molecule has 1 heterocycles. The molecule has 1 rings (SSSR count). The highest BCUT2D eigenvalue weighted by molar-refractivity contribution is 7.91. The summed E-state index contributed by atoms with van der Waals surface area (Å²) in [5.74, 6) is 0.718. The zero-order chi connectivity index (χ0) is 11.0. The van der Waals surface area contributed by atoms with Crippen LogP contribution >= 0.6 is 0 Å². The fourth-order valence-electron chi connectivity index (χ4n) is 1.81. The molecule has 0 aliphatic carbocycles. The van der Waals surface area contributed by atoms with Crippen molar-refractivity contribution in [2.75, 3.05) is 18.6 Å². The van der Waals surface area contributed by atoms with Crippen LogP contribution < -0.4 is 0 Å². The van der Waals surface area contributed by atoms with Crippen molar-refractivity contribution in [3.8, 4) is 0 Å². The van der Waals surface area contributed by atoms with E-state index in [1.807, 2.05) is 0 Å². The molecule has 1 aliphatic rings. The Labute approximate surface area is 87.4 Å². The van der Waals surface area contributed by atoms with Gasteiger partial charge < -0.3 is 0 Å². The first-order valence-corrected chi connectivity index (χ1v) is 6.98. The molecule has 0 radical (unpaired) electrons. The van der Waals surface area contributed by atoms with E-state index in [1.165, 1.54) is 0 Å². The molecule has 0 bridgehead atoms. The van der Waals surface area contributed by atoms with Gasteiger partial charge in [0.25, 0.3) is 0 Å². The van der Waals surface area contributed by atoms with Gasteiger partial charge in [-0.05, 0) is 40.7 Å². The summed E-state index contributed by atoms with van der Waals surface area (Å²) >= 11 is 0. The number of nitrogens with zero attached hydrogens (tertiary/aromatic N) is 1. The van der Waals surface area contributed by atoms with Crippen LogP contribution in [0.5, 0.6) is 0 Å². The van der Waals surface area contributed by atoms with Crippen LogP contribution in [0.4, 0.5) is 0 Å². The van der Waals surface area contributed by atoms with Crippen molar-refractivity contribution >= 4 is 9.84 Å². The summed E-state index contributed by atoms with van der Waals surface area (Å²) in [5.41, 5.74) is 0.131. The highest BCUT2D eigenvalue weighted by atomic mass is 32.2. The SMILES string of the molecule is CN(C1CCS(=O)(=O)CC1)C(C)(C)C.